The Morgan fingerprint density at radius 3 is 2.50 bits per heavy atom. The molecule has 0 fully saturated rings. The lowest BCUT2D eigenvalue weighted by Crippen LogP contribution is -2.25. The molecule has 3 nitrogen and oxygen atoms in total. The van der Waals surface area contributed by atoms with E-state index in [0.717, 1.165) is 38.3 Å². The highest BCUT2D eigenvalue weighted by molar-refractivity contribution is 5.27. The molecule has 0 bridgehead atoms. The molecule has 0 spiro atoms. The van der Waals surface area contributed by atoms with Crippen molar-refractivity contribution in [3.05, 3.63) is 29.8 Å². The van der Waals surface area contributed by atoms with Crippen molar-refractivity contribution in [1.82, 2.24) is 5.32 Å². The summed E-state index contributed by atoms with van der Waals surface area (Å²) in [5.41, 5.74) is 1.29. The minimum Gasteiger partial charge on any atom is -0.494 e. The van der Waals surface area contributed by atoms with Crippen molar-refractivity contribution in [2.24, 2.45) is 0 Å². The second-order valence-electron chi connectivity index (χ2n) is 5.19. The number of unbranched alkanes of at least 4 members (excludes halogenated alkanes) is 1. The molecule has 1 atom stereocenters. The summed E-state index contributed by atoms with van der Waals surface area (Å²) in [6, 6.07) is 8.93. The Kier molecular flexibility index (Phi) is 9.09. The number of hydrogen-bond donors (Lipinski definition) is 1. The first-order valence-electron chi connectivity index (χ1n) is 7.70. The molecule has 0 amide bonds. The van der Waals surface area contributed by atoms with Gasteiger partial charge in [0.05, 0.1) is 13.2 Å². The van der Waals surface area contributed by atoms with Crippen LogP contribution in [0.15, 0.2) is 24.3 Å². The van der Waals surface area contributed by atoms with Gasteiger partial charge in [-0.2, -0.15) is 0 Å². The van der Waals surface area contributed by atoms with E-state index in [1.54, 1.807) is 7.11 Å². The largest absolute Gasteiger partial charge is 0.494 e. The van der Waals surface area contributed by atoms with E-state index >= 15 is 0 Å². The standard InChI is InChI=1S/C17H29NO2/c1-4-18-15(2)7-5-6-13-20-17-10-8-16(9-11-17)12-14-19-3/h8-11,15,18H,4-7,12-14H2,1-3H3. The molecule has 20 heavy (non-hydrogen) atoms. The molecule has 3 heteroatoms. The van der Waals surface area contributed by atoms with E-state index in [2.05, 4.69) is 31.3 Å². The van der Waals surface area contributed by atoms with Gasteiger partial charge in [0.2, 0.25) is 0 Å². The van der Waals surface area contributed by atoms with Crippen LogP contribution in [0, 0.1) is 0 Å². The third kappa shape index (κ3) is 7.51. The molecular weight excluding hydrogens is 250 g/mol. The summed E-state index contributed by atoms with van der Waals surface area (Å²) in [4.78, 5) is 0. The van der Waals surface area contributed by atoms with Crippen molar-refractivity contribution in [3.8, 4) is 5.75 Å². The Morgan fingerprint density at radius 1 is 1.10 bits per heavy atom. The lowest BCUT2D eigenvalue weighted by molar-refractivity contribution is 0.202. The molecule has 0 saturated carbocycles. The average molecular weight is 279 g/mol. The Morgan fingerprint density at radius 2 is 1.85 bits per heavy atom. The fraction of sp³-hybridized carbons (Fsp3) is 0.647. The molecule has 1 unspecified atom stereocenters. The van der Waals surface area contributed by atoms with Crippen LogP contribution in [-0.2, 0) is 11.2 Å². The minimum absolute atomic E-state index is 0.611. The van der Waals surface area contributed by atoms with Crippen molar-refractivity contribution >= 4 is 0 Å². The highest BCUT2D eigenvalue weighted by Gasteiger charge is 2.00. The Hall–Kier alpha value is -1.06. The summed E-state index contributed by atoms with van der Waals surface area (Å²) in [6.45, 7) is 7.01. The van der Waals surface area contributed by atoms with Gasteiger partial charge in [-0.05, 0) is 56.8 Å². The van der Waals surface area contributed by atoms with Gasteiger partial charge in [-0.15, -0.1) is 0 Å². The van der Waals surface area contributed by atoms with Crippen molar-refractivity contribution in [2.75, 3.05) is 26.9 Å². The van der Waals surface area contributed by atoms with Gasteiger partial charge in [0.25, 0.3) is 0 Å². The van der Waals surface area contributed by atoms with Crippen LogP contribution in [-0.4, -0.2) is 32.9 Å². The van der Waals surface area contributed by atoms with Gasteiger partial charge in [0.15, 0.2) is 0 Å². The highest BCUT2D eigenvalue weighted by Crippen LogP contribution is 2.13. The first kappa shape index (κ1) is 17.0. The molecule has 0 heterocycles. The van der Waals surface area contributed by atoms with E-state index < -0.39 is 0 Å². The maximum Gasteiger partial charge on any atom is 0.119 e. The zero-order valence-corrected chi connectivity index (χ0v) is 13.2. The van der Waals surface area contributed by atoms with E-state index in [4.69, 9.17) is 9.47 Å². The smallest absolute Gasteiger partial charge is 0.119 e. The lowest BCUT2D eigenvalue weighted by atomic mass is 10.1. The molecule has 0 saturated heterocycles. The topological polar surface area (TPSA) is 30.5 Å². The van der Waals surface area contributed by atoms with Crippen molar-refractivity contribution < 1.29 is 9.47 Å². The SMILES string of the molecule is CCNC(C)CCCCOc1ccc(CCOC)cc1. The van der Waals surface area contributed by atoms with Crippen LogP contribution in [0.25, 0.3) is 0 Å². The molecule has 1 rings (SSSR count). The quantitative estimate of drug-likeness (QED) is 0.630. The molecule has 0 aliphatic carbocycles. The number of rotatable bonds is 11. The van der Waals surface area contributed by atoms with Crippen molar-refractivity contribution in [1.29, 1.82) is 0 Å². The lowest BCUT2D eigenvalue weighted by Gasteiger charge is -2.12. The third-order valence-corrected chi connectivity index (χ3v) is 3.37. The van der Waals surface area contributed by atoms with Gasteiger partial charge in [-0.1, -0.05) is 19.1 Å². The molecule has 0 aliphatic heterocycles. The molecule has 0 aromatic heterocycles. The van der Waals surface area contributed by atoms with Crippen LogP contribution < -0.4 is 10.1 Å². The second kappa shape index (κ2) is 10.7. The molecule has 1 aromatic rings. The summed E-state index contributed by atoms with van der Waals surface area (Å²) in [5, 5.41) is 3.43. The van der Waals surface area contributed by atoms with Crippen molar-refractivity contribution in [3.63, 3.8) is 0 Å². The first-order valence-corrected chi connectivity index (χ1v) is 7.70. The van der Waals surface area contributed by atoms with Crippen molar-refractivity contribution in [2.45, 2.75) is 45.6 Å². The predicted octanol–water partition coefficient (Wildman–Crippen LogP) is 3.42. The zero-order valence-electron chi connectivity index (χ0n) is 13.2. The number of methoxy groups -OCH3 is 1. The maximum absolute atomic E-state index is 5.76. The molecule has 1 N–H and O–H groups in total. The molecule has 114 valence electrons. The monoisotopic (exact) mass is 279 g/mol. The van der Waals surface area contributed by atoms with Gasteiger partial charge in [-0.3, -0.25) is 0 Å². The van der Waals surface area contributed by atoms with E-state index in [1.807, 2.05) is 12.1 Å². The van der Waals surface area contributed by atoms with Crippen LogP contribution in [0.5, 0.6) is 5.75 Å². The molecule has 0 aliphatic rings. The average Bonchev–Trinajstić information content (AvgIpc) is 2.46. The highest BCUT2D eigenvalue weighted by atomic mass is 16.5. The Labute approximate surface area is 123 Å². The minimum atomic E-state index is 0.611. The van der Waals surface area contributed by atoms with Gasteiger partial charge in [0.1, 0.15) is 5.75 Å². The van der Waals surface area contributed by atoms with Gasteiger partial charge in [0, 0.05) is 13.2 Å². The maximum atomic E-state index is 5.76. The van der Waals surface area contributed by atoms with E-state index in [1.165, 1.54) is 18.4 Å². The number of benzene rings is 1. The van der Waals surface area contributed by atoms with Gasteiger partial charge < -0.3 is 14.8 Å². The predicted molar refractivity (Wildman–Crippen MR) is 84.5 cm³/mol. The zero-order chi connectivity index (χ0) is 14.6. The van der Waals surface area contributed by atoms with Crippen LogP contribution in [0.1, 0.15) is 38.7 Å². The Balaban J connectivity index is 2.12. The third-order valence-electron chi connectivity index (χ3n) is 3.37. The first-order chi connectivity index (χ1) is 9.76. The summed E-state index contributed by atoms with van der Waals surface area (Å²) < 4.78 is 10.8. The van der Waals surface area contributed by atoms with Gasteiger partial charge >= 0.3 is 0 Å². The van der Waals surface area contributed by atoms with Crippen LogP contribution in [0.4, 0.5) is 0 Å². The summed E-state index contributed by atoms with van der Waals surface area (Å²) in [5.74, 6) is 0.964. The van der Waals surface area contributed by atoms with Crippen LogP contribution in [0.3, 0.4) is 0 Å². The van der Waals surface area contributed by atoms with E-state index in [9.17, 15) is 0 Å². The Bertz CT molecular complexity index is 337. The van der Waals surface area contributed by atoms with E-state index in [0.29, 0.717) is 6.04 Å². The van der Waals surface area contributed by atoms with Gasteiger partial charge in [-0.25, -0.2) is 0 Å². The molecule has 1 aromatic carbocycles. The molecular formula is C17H29NO2. The summed E-state index contributed by atoms with van der Waals surface area (Å²) in [7, 11) is 1.73. The second-order valence-corrected chi connectivity index (χ2v) is 5.19. The normalized spacial score (nSPS) is 12.3. The fourth-order valence-electron chi connectivity index (χ4n) is 2.17. The fourth-order valence-corrected chi connectivity index (χ4v) is 2.17. The number of nitrogens with one attached hydrogen (secondary N) is 1. The number of ether oxygens (including phenoxy) is 2. The summed E-state index contributed by atoms with van der Waals surface area (Å²) >= 11 is 0. The van der Waals surface area contributed by atoms with Crippen LogP contribution >= 0.6 is 0 Å². The number of hydrogen-bond acceptors (Lipinski definition) is 3. The van der Waals surface area contributed by atoms with Crippen LogP contribution in [0.2, 0.25) is 0 Å². The molecule has 0 radical (unpaired) electrons. The van der Waals surface area contributed by atoms with E-state index in [-0.39, 0.29) is 0 Å². The summed E-state index contributed by atoms with van der Waals surface area (Å²) in [6.07, 6.45) is 4.49.